The van der Waals surface area contributed by atoms with E-state index in [1.165, 1.54) is 11.3 Å². The Balaban J connectivity index is 0.00000338. The summed E-state index contributed by atoms with van der Waals surface area (Å²) in [6.45, 7) is 3.46. The Bertz CT molecular complexity index is 788. The maximum absolute atomic E-state index is 11.9. The van der Waals surface area contributed by atoms with Crippen LogP contribution in [-0.4, -0.2) is 40.3 Å². The fourth-order valence-corrected chi connectivity index (χ4v) is 2.64. The normalized spacial score (nSPS) is 11.5. The molecule has 9 nitrogen and oxygen atoms in total. The molecule has 3 amide bonds. The van der Waals surface area contributed by atoms with Crippen molar-refractivity contribution in [2.75, 3.05) is 11.9 Å². The van der Waals surface area contributed by atoms with Crippen molar-refractivity contribution in [3.05, 3.63) is 23.3 Å². The van der Waals surface area contributed by atoms with Gasteiger partial charge in [0.1, 0.15) is 5.69 Å². The van der Waals surface area contributed by atoms with Gasteiger partial charge in [-0.2, -0.15) is 0 Å². The molecule has 0 spiro atoms. The molecule has 2 rings (SSSR count). The van der Waals surface area contributed by atoms with Crippen LogP contribution in [0.25, 0.3) is 11.3 Å². The molecule has 0 aliphatic carbocycles. The number of nitrogens with one attached hydrogen (secondary N) is 3. The van der Waals surface area contributed by atoms with E-state index in [4.69, 9.17) is 11.5 Å². The molecule has 11 heteroatoms. The summed E-state index contributed by atoms with van der Waals surface area (Å²) in [6.07, 6.45) is 1.61. The topological polar surface area (TPSA) is 156 Å². The summed E-state index contributed by atoms with van der Waals surface area (Å²) in [5.74, 6) is -1.37. The van der Waals surface area contributed by atoms with Crippen molar-refractivity contribution in [3.63, 3.8) is 0 Å². The average molecular weight is 401 g/mol. The zero-order chi connectivity index (χ0) is 18.6. The molecule has 7 N–H and O–H groups in total. The zero-order valence-corrected chi connectivity index (χ0v) is 15.9. The largest absolute Gasteiger partial charge is 0.364 e. The molecular weight excluding hydrogens is 380 g/mol. The van der Waals surface area contributed by atoms with E-state index < -0.39 is 17.9 Å². The molecule has 0 saturated carbocycles. The van der Waals surface area contributed by atoms with E-state index in [0.717, 1.165) is 0 Å². The van der Waals surface area contributed by atoms with Crippen LogP contribution in [0, 0.1) is 5.92 Å². The first-order valence-corrected chi connectivity index (χ1v) is 8.43. The van der Waals surface area contributed by atoms with Crippen molar-refractivity contribution in [3.8, 4) is 11.3 Å². The maximum atomic E-state index is 11.9. The minimum absolute atomic E-state index is 0. The standard InChI is InChI=1S/C15H20N6O3S.ClH/c1-7(2)12(16)14(24)19-5-11(22)21-15-20-10(6-25-15)8-3-9(13(17)23)18-4-8;/h3-4,6-7,12,18H,5,16H2,1-2H3,(H2,17,23)(H,19,24)(H,20,21,22);1H/t12-;/m0./s1. The van der Waals surface area contributed by atoms with Crippen LogP contribution in [0.1, 0.15) is 24.3 Å². The molecule has 0 unspecified atom stereocenters. The molecule has 0 aromatic carbocycles. The number of rotatable bonds is 7. The molecule has 26 heavy (non-hydrogen) atoms. The lowest BCUT2D eigenvalue weighted by Crippen LogP contribution is -2.46. The smallest absolute Gasteiger partial charge is 0.265 e. The first kappa shape index (κ1) is 21.6. The molecule has 0 bridgehead atoms. The van der Waals surface area contributed by atoms with E-state index in [1.807, 2.05) is 13.8 Å². The third kappa shape index (κ3) is 5.55. The number of H-pyrrole nitrogens is 1. The van der Waals surface area contributed by atoms with E-state index in [2.05, 4.69) is 20.6 Å². The monoisotopic (exact) mass is 400 g/mol. The summed E-state index contributed by atoms with van der Waals surface area (Å²) in [6, 6.07) is 0.920. The Morgan fingerprint density at radius 3 is 2.62 bits per heavy atom. The van der Waals surface area contributed by atoms with E-state index in [9.17, 15) is 14.4 Å². The number of aromatic nitrogens is 2. The highest BCUT2D eigenvalue weighted by molar-refractivity contribution is 7.14. The number of primary amides is 1. The Morgan fingerprint density at radius 2 is 2.04 bits per heavy atom. The second kappa shape index (κ2) is 9.32. The summed E-state index contributed by atoms with van der Waals surface area (Å²) in [7, 11) is 0. The van der Waals surface area contributed by atoms with Crippen molar-refractivity contribution in [1.82, 2.24) is 15.3 Å². The van der Waals surface area contributed by atoms with Crippen molar-refractivity contribution >= 4 is 46.6 Å². The van der Waals surface area contributed by atoms with Crippen LogP contribution < -0.4 is 22.1 Å². The van der Waals surface area contributed by atoms with Gasteiger partial charge in [-0.15, -0.1) is 23.7 Å². The minimum atomic E-state index is -0.660. The quantitative estimate of drug-likeness (QED) is 0.462. The molecule has 2 aromatic heterocycles. The third-order valence-electron chi connectivity index (χ3n) is 3.44. The summed E-state index contributed by atoms with van der Waals surface area (Å²) >= 11 is 1.23. The van der Waals surface area contributed by atoms with Crippen molar-refractivity contribution in [2.24, 2.45) is 17.4 Å². The lowest BCUT2D eigenvalue weighted by atomic mass is 10.1. The molecule has 2 aromatic rings. The Hall–Kier alpha value is -2.43. The number of aromatic amines is 1. The number of nitrogens with zero attached hydrogens (tertiary/aromatic N) is 1. The van der Waals surface area contributed by atoms with Crippen LogP contribution in [0.4, 0.5) is 5.13 Å². The molecule has 2 heterocycles. The summed E-state index contributed by atoms with van der Waals surface area (Å²) in [4.78, 5) is 41.7. The van der Waals surface area contributed by atoms with Gasteiger partial charge >= 0.3 is 0 Å². The van der Waals surface area contributed by atoms with Crippen molar-refractivity contribution in [1.29, 1.82) is 0 Å². The van der Waals surface area contributed by atoms with Gasteiger partial charge in [0.05, 0.1) is 18.3 Å². The predicted molar refractivity (Wildman–Crippen MR) is 102 cm³/mol. The van der Waals surface area contributed by atoms with Gasteiger partial charge in [0.25, 0.3) is 5.91 Å². The summed E-state index contributed by atoms with van der Waals surface area (Å²) in [5, 5.41) is 7.19. The number of amides is 3. The highest BCUT2D eigenvalue weighted by Crippen LogP contribution is 2.25. The molecule has 0 saturated heterocycles. The maximum Gasteiger partial charge on any atom is 0.265 e. The van der Waals surface area contributed by atoms with Gasteiger partial charge < -0.3 is 27.1 Å². The molecule has 0 aliphatic rings. The highest BCUT2D eigenvalue weighted by Gasteiger charge is 2.18. The van der Waals surface area contributed by atoms with E-state index in [1.54, 1.807) is 17.6 Å². The number of halogens is 1. The molecular formula is C15H21ClN6O3S. The lowest BCUT2D eigenvalue weighted by molar-refractivity contribution is -0.125. The second-order valence-electron chi connectivity index (χ2n) is 5.74. The molecule has 0 radical (unpaired) electrons. The van der Waals surface area contributed by atoms with Crippen LogP contribution in [0.3, 0.4) is 0 Å². The fourth-order valence-electron chi connectivity index (χ4n) is 1.90. The van der Waals surface area contributed by atoms with Crippen LogP contribution in [-0.2, 0) is 9.59 Å². The first-order chi connectivity index (χ1) is 11.8. The zero-order valence-electron chi connectivity index (χ0n) is 14.2. The summed E-state index contributed by atoms with van der Waals surface area (Å²) in [5.41, 5.74) is 12.4. The number of carbonyl (C=O) groups is 3. The van der Waals surface area contributed by atoms with Gasteiger partial charge in [-0.25, -0.2) is 4.98 Å². The van der Waals surface area contributed by atoms with Crippen LogP contribution in [0.2, 0.25) is 0 Å². The van der Waals surface area contributed by atoms with E-state index in [0.29, 0.717) is 16.4 Å². The molecule has 142 valence electrons. The Kier molecular flexibility index (Phi) is 7.75. The number of nitrogens with two attached hydrogens (primary N) is 2. The minimum Gasteiger partial charge on any atom is -0.364 e. The van der Waals surface area contributed by atoms with Crippen molar-refractivity contribution in [2.45, 2.75) is 19.9 Å². The fraction of sp³-hybridized carbons (Fsp3) is 0.333. The number of thiazole rings is 1. The van der Waals surface area contributed by atoms with Crippen LogP contribution in [0.15, 0.2) is 17.6 Å². The first-order valence-electron chi connectivity index (χ1n) is 7.55. The number of anilines is 1. The second-order valence-corrected chi connectivity index (χ2v) is 6.60. The Morgan fingerprint density at radius 1 is 1.35 bits per heavy atom. The molecule has 0 fully saturated rings. The number of carbonyl (C=O) groups excluding carboxylic acids is 3. The summed E-state index contributed by atoms with van der Waals surface area (Å²) < 4.78 is 0. The van der Waals surface area contributed by atoms with E-state index >= 15 is 0 Å². The van der Waals surface area contributed by atoms with Gasteiger partial charge in [0.2, 0.25) is 11.8 Å². The molecule has 1 atom stereocenters. The Labute approximate surface area is 160 Å². The van der Waals surface area contributed by atoms with Gasteiger partial charge in [-0.1, -0.05) is 13.8 Å². The average Bonchev–Trinajstić information content (AvgIpc) is 3.20. The third-order valence-corrected chi connectivity index (χ3v) is 4.20. The van der Waals surface area contributed by atoms with Gasteiger partial charge in [0.15, 0.2) is 5.13 Å². The van der Waals surface area contributed by atoms with Crippen LogP contribution >= 0.6 is 23.7 Å². The highest BCUT2D eigenvalue weighted by atomic mass is 35.5. The van der Waals surface area contributed by atoms with Gasteiger partial charge in [-0.05, 0) is 12.0 Å². The number of hydrogen-bond donors (Lipinski definition) is 5. The van der Waals surface area contributed by atoms with Gasteiger partial charge in [0, 0.05) is 17.1 Å². The van der Waals surface area contributed by atoms with Crippen molar-refractivity contribution < 1.29 is 14.4 Å². The SMILES string of the molecule is CC(C)[C@H](N)C(=O)NCC(=O)Nc1nc(-c2c[nH]c(C(N)=O)c2)cs1.Cl. The van der Waals surface area contributed by atoms with E-state index in [-0.39, 0.29) is 36.5 Å². The molecule has 0 aliphatic heterocycles. The predicted octanol–water partition coefficient (Wildman–Crippen LogP) is 0.697. The van der Waals surface area contributed by atoms with Gasteiger partial charge in [-0.3, -0.25) is 14.4 Å². The van der Waals surface area contributed by atoms with Crippen LogP contribution in [0.5, 0.6) is 0 Å². The lowest BCUT2D eigenvalue weighted by Gasteiger charge is -2.14. The number of hydrogen-bond acceptors (Lipinski definition) is 6.